The minimum Gasteiger partial charge on any atom is -0.351 e. The smallest absolute Gasteiger partial charge is 0.139 e. The van der Waals surface area contributed by atoms with Gasteiger partial charge in [0.15, 0.2) is 0 Å². The SMILES string of the molecule is Cc1nn(-c2ccccc2)c2c1C[C@@](C#N)(c1nc3ccccc3[nH]1)[C@@H]1CCCN21. The van der Waals surface area contributed by atoms with Crippen LogP contribution in [-0.4, -0.2) is 32.3 Å². The summed E-state index contributed by atoms with van der Waals surface area (Å²) in [5, 5.41) is 15.4. The molecule has 0 aliphatic carbocycles. The summed E-state index contributed by atoms with van der Waals surface area (Å²) in [5.74, 6) is 1.92. The molecular weight excluding hydrogens is 372 g/mol. The van der Waals surface area contributed by atoms with Crippen LogP contribution < -0.4 is 4.90 Å². The van der Waals surface area contributed by atoms with Crippen molar-refractivity contribution in [3.8, 4) is 11.8 Å². The van der Waals surface area contributed by atoms with Gasteiger partial charge < -0.3 is 9.88 Å². The zero-order valence-corrected chi connectivity index (χ0v) is 16.8. The number of benzene rings is 2. The number of H-pyrrole nitrogens is 1. The van der Waals surface area contributed by atoms with E-state index in [4.69, 9.17) is 10.1 Å². The second kappa shape index (κ2) is 6.20. The fourth-order valence-corrected chi connectivity index (χ4v) is 5.30. The maximum absolute atomic E-state index is 10.5. The van der Waals surface area contributed by atoms with Crippen molar-refractivity contribution in [3.05, 3.63) is 71.7 Å². The van der Waals surface area contributed by atoms with E-state index in [2.05, 4.69) is 39.7 Å². The molecule has 4 aromatic rings. The molecule has 0 bridgehead atoms. The Morgan fingerprint density at radius 2 is 1.93 bits per heavy atom. The van der Waals surface area contributed by atoms with Gasteiger partial charge in [0.2, 0.25) is 0 Å². The molecule has 2 aromatic heterocycles. The fraction of sp³-hybridized carbons (Fsp3) is 0.292. The predicted molar refractivity (Wildman–Crippen MR) is 116 cm³/mol. The molecule has 4 heterocycles. The Balaban J connectivity index is 1.57. The zero-order valence-electron chi connectivity index (χ0n) is 16.8. The average molecular weight is 394 g/mol. The van der Waals surface area contributed by atoms with Gasteiger partial charge >= 0.3 is 0 Å². The van der Waals surface area contributed by atoms with Crippen molar-refractivity contribution in [1.29, 1.82) is 5.26 Å². The number of nitrogens with zero attached hydrogens (tertiary/aromatic N) is 5. The number of aromatic amines is 1. The highest BCUT2D eigenvalue weighted by atomic mass is 15.4. The van der Waals surface area contributed by atoms with Crippen molar-refractivity contribution < 1.29 is 0 Å². The molecule has 0 amide bonds. The van der Waals surface area contributed by atoms with E-state index in [0.29, 0.717) is 6.42 Å². The zero-order chi connectivity index (χ0) is 20.3. The van der Waals surface area contributed by atoms with Crippen LogP contribution in [0.15, 0.2) is 54.6 Å². The fourth-order valence-electron chi connectivity index (χ4n) is 5.30. The van der Waals surface area contributed by atoms with Crippen LogP contribution in [0.1, 0.15) is 29.9 Å². The number of hydrogen-bond donors (Lipinski definition) is 1. The van der Waals surface area contributed by atoms with Gasteiger partial charge in [-0.15, -0.1) is 0 Å². The van der Waals surface area contributed by atoms with Gasteiger partial charge in [0, 0.05) is 18.5 Å². The number of fused-ring (bicyclic) bond motifs is 4. The minimum absolute atomic E-state index is 0.0779. The third-order valence-corrected chi connectivity index (χ3v) is 6.72. The van der Waals surface area contributed by atoms with Crippen molar-refractivity contribution in [3.63, 3.8) is 0 Å². The number of nitriles is 1. The van der Waals surface area contributed by atoms with Crippen molar-refractivity contribution in [2.45, 2.75) is 37.6 Å². The highest BCUT2D eigenvalue weighted by Crippen LogP contribution is 2.48. The number of nitrogens with one attached hydrogen (secondary N) is 1. The maximum atomic E-state index is 10.5. The number of aryl methyl sites for hydroxylation is 1. The van der Waals surface area contributed by atoms with Crippen molar-refractivity contribution in [2.24, 2.45) is 0 Å². The molecule has 2 atom stereocenters. The first-order valence-corrected chi connectivity index (χ1v) is 10.5. The lowest BCUT2D eigenvalue weighted by Gasteiger charge is -2.42. The monoisotopic (exact) mass is 394 g/mol. The van der Waals surface area contributed by atoms with Crippen LogP contribution in [0.2, 0.25) is 0 Å². The van der Waals surface area contributed by atoms with E-state index in [1.165, 1.54) is 0 Å². The van der Waals surface area contributed by atoms with Crippen molar-refractivity contribution in [1.82, 2.24) is 19.7 Å². The first-order valence-electron chi connectivity index (χ1n) is 10.5. The molecule has 30 heavy (non-hydrogen) atoms. The van der Waals surface area contributed by atoms with Gasteiger partial charge in [0.05, 0.1) is 34.5 Å². The number of hydrogen-bond acceptors (Lipinski definition) is 4. The molecule has 0 spiro atoms. The number of imidazole rings is 1. The lowest BCUT2D eigenvalue weighted by Crippen LogP contribution is -2.52. The summed E-state index contributed by atoms with van der Waals surface area (Å²) >= 11 is 0. The number of para-hydroxylation sites is 3. The van der Waals surface area contributed by atoms with Crippen LogP contribution in [0.4, 0.5) is 5.82 Å². The Labute approximate surface area is 174 Å². The summed E-state index contributed by atoms with van der Waals surface area (Å²) in [6.07, 6.45) is 2.66. The largest absolute Gasteiger partial charge is 0.351 e. The molecule has 6 rings (SSSR count). The number of rotatable bonds is 2. The van der Waals surface area contributed by atoms with Crippen LogP contribution in [0.3, 0.4) is 0 Å². The molecule has 2 aliphatic heterocycles. The second-order valence-electron chi connectivity index (χ2n) is 8.35. The van der Waals surface area contributed by atoms with Crippen LogP contribution in [0.5, 0.6) is 0 Å². The van der Waals surface area contributed by atoms with Gasteiger partial charge in [0.25, 0.3) is 0 Å². The van der Waals surface area contributed by atoms with Gasteiger partial charge in [-0.25, -0.2) is 9.67 Å². The molecule has 148 valence electrons. The highest BCUT2D eigenvalue weighted by Gasteiger charge is 2.54. The van der Waals surface area contributed by atoms with E-state index >= 15 is 0 Å². The Morgan fingerprint density at radius 3 is 2.73 bits per heavy atom. The van der Waals surface area contributed by atoms with E-state index in [0.717, 1.165) is 59.0 Å². The van der Waals surface area contributed by atoms with Crippen LogP contribution in [0, 0.1) is 18.3 Å². The summed E-state index contributed by atoms with van der Waals surface area (Å²) in [5.41, 5.74) is 4.37. The standard InChI is InChI=1S/C24H22N6/c1-16-18-14-24(15-25,23-26-19-10-5-6-11-20(19)27-23)21-12-7-13-29(21)22(18)30(28-16)17-8-3-2-4-9-17/h2-6,8-11,21H,7,12-14H2,1H3,(H,26,27)/t21-,24-/m0/s1. The van der Waals surface area contributed by atoms with E-state index in [9.17, 15) is 5.26 Å². The molecule has 0 radical (unpaired) electrons. The molecule has 0 saturated carbocycles. The van der Waals surface area contributed by atoms with Crippen LogP contribution in [-0.2, 0) is 11.8 Å². The third kappa shape index (κ3) is 2.23. The molecule has 2 aromatic carbocycles. The lowest BCUT2D eigenvalue weighted by molar-refractivity contribution is 0.390. The van der Waals surface area contributed by atoms with Gasteiger partial charge in [-0.1, -0.05) is 30.3 Å². The van der Waals surface area contributed by atoms with Gasteiger partial charge in [0.1, 0.15) is 17.1 Å². The first-order chi connectivity index (χ1) is 14.7. The second-order valence-corrected chi connectivity index (χ2v) is 8.35. The molecule has 0 unspecified atom stereocenters. The summed E-state index contributed by atoms with van der Waals surface area (Å²) in [6.45, 7) is 2.98. The van der Waals surface area contributed by atoms with Gasteiger partial charge in [-0.2, -0.15) is 10.4 Å². The van der Waals surface area contributed by atoms with E-state index < -0.39 is 5.41 Å². The van der Waals surface area contributed by atoms with Crippen molar-refractivity contribution in [2.75, 3.05) is 11.4 Å². The lowest BCUT2D eigenvalue weighted by atomic mass is 9.72. The molecular formula is C24H22N6. The first kappa shape index (κ1) is 17.3. The number of aromatic nitrogens is 4. The average Bonchev–Trinajstić information content (AvgIpc) is 3.51. The summed E-state index contributed by atoms with van der Waals surface area (Å²) in [7, 11) is 0. The molecule has 1 fully saturated rings. The normalized spacial score (nSPS) is 22.7. The minimum atomic E-state index is -0.710. The predicted octanol–water partition coefficient (Wildman–Crippen LogP) is 4.04. The summed E-state index contributed by atoms with van der Waals surface area (Å²) < 4.78 is 2.06. The van der Waals surface area contributed by atoms with Crippen LogP contribution in [0.25, 0.3) is 16.7 Å². The Bertz CT molecular complexity index is 1260. The molecule has 2 aliphatic rings. The van der Waals surface area contributed by atoms with Gasteiger partial charge in [-0.05, 0) is 44.0 Å². The van der Waals surface area contributed by atoms with Crippen molar-refractivity contribution >= 4 is 16.9 Å². The Kier molecular flexibility index (Phi) is 3.57. The molecule has 1 saturated heterocycles. The number of anilines is 1. The van der Waals surface area contributed by atoms with Gasteiger partial charge in [-0.3, -0.25) is 0 Å². The molecule has 6 heteroatoms. The topological polar surface area (TPSA) is 73.5 Å². The quantitative estimate of drug-likeness (QED) is 0.557. The maximum Gasteiger partial charge on any atom is 0.139 e. The summed E-state index contributed by atoms with van der Waals surface area (Å²) in [6, 6.07) is 21.1. The highest BCUT2D eigenvalue weighted by molar-refractivity contribution is 5.75. The molecule has 6 nitrogen and oxygen atoms in total. The molecule has 1 N–H and O–H groups in total. The third-order valence-electron chi connectivity index (χ3n) is 6.72. The Hall–Kier alpha value is -3.59. The Morgan fingerprint density at radius 1 is 1.13 bits per heavy atom. The van der Waals surface area contributed by atoms with E-state index in [-0.39, 0.29) is 6.04 Å². The summed E-state index contributed by atoms with van der Waals surface area (Å²) in [4.78, 5) is 10.8. The van der Waals surface area contributed by atoms with E-state index in [1.54, 1.807) is 0 Å². The van der Waals surface area contributed by atoms with Crippen LogP contribution >= 0.6 is 0 Å². The van der Waals surface area contributed by atoms with E-state index in [1.807, 2.05) is 42.5 Å².